The van der Waals surface area contributed by atoms with Crippen LogP contribution in [0.15, 0.2) is 78.2 Å². The lowest BCUT2D eigenvalue weighted by molar-refractivity contribution is 0.414. The predicted octanol–water partition coefficient (Wildman–Crippen LogP) is 2.36. The molecule has 0 spiro atoms. The zero-order valence-electron chi connectivity index (χ0n) is 17.5. The number of pyridine rings is 1. The molecule has 0 fully saturated rings. The number of tetrazole rings is 1. The summed E-state index contributed by atoms with van der Waals surface area (Å²) in [5.41, 5.74) is 3.48. The van der Waals surface area contributed by atoms with Gasteiger partial charge in [-0.05, 0) is 52.2 Å². The van der Waals surface area contributed by atoms with E-state index >= 15 is 0 Å². The highest BCUT2D eigenvalue weighted by atomic mass is 32.2. The number of hydrogen-bond acceptors (Lipinski definition) is 7. The van der Waals surface area contributed by atoms with Crippen molar-refractivity contribution in [1.82, 2.24) is 29.6 Å². The molecular formula is C22H19N7O3S. The summed E-state index contributed by atoms with van der Waals surface area (Å²) >= 11 is 0. The van der Waals surface area contributed by atoms with Crippen LogP contribution in [0.5, 0.6) is 5.75 Å². The van der Waals surface area contributed by atoms with Crippen LogP contribution in [0.4, 0.5) is 0 Å². The Morgan fingerprint density at radius 3 is 2.67 bits per heavy atom. The van der Waals surface area contributed by atoms with Gasteiger partial charge in [-0.25, -0.2) is 18.5 Å². The summed E-state index contributed by atoms with van der Waals surface area (Å²) < 4.78 is 31.9. The lowest BCUT2D eigenvalue weighted by Crippen LogP contribution is -2.14. The van der Waals surface area contributed by atoms with Gasteiger partial charge in [0.2, 0.25) is 15.8 Å². The van der Waals surface area contributed by atoms with Crippen molar-refractivity contribution in [3.63, 3.8) is 0 Å². The van der Waals surface area contributed by atoms with Gasteiger partial charge < -0.3 is 9.14 Å². The van der Waals surface area contributed by atoms with Crippen LogP contribution in [0.3, 0.4) is 0 Å². The Bertz CT molecular complexity index is 1560. The van der Waals surface area contributed by atoms with Crippen molar-refractivity contribution in [3.8, 4) is 28.3 Å². The maximum Gasteiger partial charge on any atom is 0.238 e. The minimum atomic E-state index is -4.05. The van der Waals surface area contributed by atoms with Gasteiger partial charge in [0.1, 0.15) is 5.75 Å². The van der Waals surface area contributed by atoms with Gasteiger partial charge in [0.25, 0.3) is 0 Å². The number of hydrogen-bond donors (Lipinski definition) is 1. The monoisotopic (exact) mass is 461 g/mol. The smallest absolute Gasteiger partial charge is 0.238 e. The SMILES string of the molecule is COc1ccc(Cn2nnc(-c3c(-c4ccn5cncc5c4)cccc3S(N)(=O)=O)n2)cc1. The molecule has 5 aromatic rings. The Labute approximate surface area is 189 Å². The minimum Gasteiger partial charge on any atom is -0.497 e. The van der Waals surface area contributed by atoms with Crippen LogP contribution in [-0.4, -0.2) is 45.1 Å². The van der Waals surface area contributed by atoms with Crippen molar-refractivity contribution < 1.29 is 13.2 Å². The molecule has 2 N–H and O–H groups in total. The topological polar surface area (TPSA) is 130 Å². The average molecular weight is 462 g/mol. The number of methoxy groups -OCH3 is 1. The standard InChI is InChI=1S/C22H19N7O3S/c1-32-18-7-5-15(6-8-18)13-29-26-22(25-27-29)21-19(3-2-4-20(21)33(23,30)31)16-9-10-28-14-24-12-17(28)11-16/h2-12,14H,13H2,1H3,(H2,23,30,31). The molecule has 0 saturated carbocycles. The molecule has 11 heteroatoms. The molecule has 33 heavy (non-hydrogen) atoms. The molecule has 0 saturated heterocycles. The Hall–Kier alpha value is -4.09. The van der Waals surface area contributed by atoms with Crippen LogP contribution in [-0.2, 0) is 16.6 Å². The van der Waals surface area contributed by atoms with Crippen LogP contribution in [0.25, 0.3) is 28.0 Å². The second-order valence-corrected chi connectivity index (χ2v) is 8.89. The predicted molar refractivity (Wildman–Crippen MR) is 121 cm³/mol. The molecule has 3 heterocycles. The number of nitrogens with two attached hydrogens (primary N) is 1. The maximum absolute atomic E-state index is 12.4. The third-order valence-corrected chi connectivity index (χ3v) is 6.17. The summed E-state index contributed by atoms with van der Waals surface area (Å²) in [5.74, 6) is 0.907. The van der Waals surface area contributed by atoms with Crippen molar-refractivity contribution in [2.75, 3.05) is 7.11 Å². The molecule has 10 nitrogen and oxygen atoms in total. The van der Waals surface area contributed by atoms with Crippen LogP contribution in [0.1, 0.15) is 5.56 Å². The second kappa shape index (κ2) is 8.11. The van der Waals surface area contributed by atoms with Gasteiger partial charge in [-0.2, -0.15) is 4.80 Å². The molecule has 0 unspecified atom stereocenters. The number of imidazole rings is 1. The Balaban J connectivity index is 1.60. The van der Waals surface area contributed by atoms with E-state index in [9.17, 15) is 8.42 Å². The van der Waals surface area contributed by atoms with Gasteiger partial charge >= 0.3 is 0 Å². The van der Waals surface area contributed by atoms with Gasteiger partial charge in [-0.1, -0.05) is 24.3 Å². The first-order valence-electron chi connectivity index (χ1n) is 9.91. The average Bonchev–Trinajstić information content (AvgIpc) is 3.47. The van der Waals surface area contributed by atoms with E-state index in [4.69, 9.17) is 9.88 Å². The van der Waals surface area contributed by atoms with Crippen molar-refractivity contribution >= 4 is 15.5 Å². The van der Waals surface area contributed by atoms with E-state index in [0.29, 0.717) is 17.7 Å². The fourth-order valence-corrected chi connectivity index (χ4v) is 4.38. The number of benzene rings is 2. The molecule has 0 radical (unpaired) electrons. The van der Waals surface area contributed by atoms with Gasteiger partial charge in [0.05, 0.1) is 42.2 Å². The normalized spacial score (nSPS) is 11.7. The van der Waals surface area contributed by atoms with Crippen molar-refractivity contribution in [2.45, 2.75) is 11.4 Å². The van der Waals surface area contributed by atoms with E-state index in [1.54, 1.807) is 31.8 Å². The summed E-state index contributed by atoms with van der Waals surface area (Å²) in [7, 11) is -2.45. The van der Waals surface area contributed by atoms with Gasteiger partial charge in [-0.3, -0.25) is 0 Å². The summed E-state index contributed by atoms with van der Waals surface area (Å²) in [6.45, 7) is 0.353. The van der Waals surface area contributed by atoms with Crippen LogP contribution >= 0.6 is 0 Å². The number of rotatable bonds is 6. The number of fused-ring (bicyclic) bond motifs is 1. The van der Waals surface area contributed by atoms with E-state index in [2.05, 4.69) is 20.4 Å². The summed E-state index contributed by atoms with van der Waals surface area (Å²) in [6.07, 6.45) is 5.25. The highest BCUT2D eigenvalue weighted by Crippen LogP contribution is 2.35. The van der Waals surface area contributed by atoms with Crippen LogP contribution in [0, 0.1) is 0 Å². The third kappa shape index (κ3) is 4.06. The lowest BCUT2D eigenvalue weighted by Gasteiger charge is -2.11. The summed E-state index contributed by atoms with van der Waals surface area (Å²) in [5, 5.41) is 18.3. The molecule has 0 atom stereocenters. The van der Waals surface area contributed by atoms with Gasteiger partial charge in [-0.15, -0.1) is 10.2 Å². The van der Waals surface area contributed by atoms with E-state index in [1.807, 2.05) is 47.0 Å². The number of aromatic nitrogens is 6. The number of nitrogens with zero attached hydrogens (tertiary/aromatic N) is 6. The summed E-state index contributed by atoms with van der Waals surface area (Å²) in [4.78, 5) is 5.46. The molecule has 0 aliphatic carbocycles. The largest absolute Gasteiger partial charge is 0.497 e. The molecule has 0 aliphatic rings. The molecule has 0 amide bonds. The molecule has 3 aromatic heterocycles. The highest BCUT2D eigenvalue weighted by molar-refractivity contribution is 7.89. The van der Waals surface area contributed by atoms with Crippen LogP contribution in [0.2, 0.25) is 0 Å². The highest BCUT2D eigenvalue weighted by Gasteiger charge is 2.23. The first-order valence-corrected chi connectivity index (χ1v) is 11.5. The van der Waals surface area contributed by atoms with E-state index < -0.39 is 10.0 Å². The van der Waals surface area contributed by atoms with Crippen molar-refractivity contribution in [2.24, 2.45) is 5.14 Å². The Morgan fingerprint density at radius 1 is 1.09 bits per heavy atom. The first kappa shape index (κ1) is 20.8. The van der Waals surface area contributed by atoms with E-state index in [-0.39, 0.29) is 10.7 Å². The zero-order chi connectivity index (χ0) is 23.0. The number of primary sulfonamides is 1. The van der Waals surface area contributed by atoms with Crippen molar-refractivity contribution in [3.05, 3.63) is 78.9 Å². The Morgan fingerprint density at radius 2 is 1.91 bits per heavy atom. The quantitative estimate of drug-likeness (QED) is 0.411. The second-order valence-electron chi connectivity index (χ2n) is 7.36. The molecule has 166 valence electrons. The third-order valence-electron chi connectivity index (χ3n) is 5.22. The molecular weight excluding hydrogens is 442 g/mol. The molecule has 0 bridgehead atoms. The van der Waals surface area contributed by atoms with Crippen molar-refractivity contribution in [1.29, 1.82) is 0 Å². The minimum absolute atomic E-state index is 0.0719. The molecule has 0 aliphatic heterocycles. The fourth-order valence-electron chi connectivity index (χ4n) is 3.63. The molecule has 2 aromatic carbocycles. The van der Waals surface area contributed by atoms with E-state index in [0.717, 1.165) is 22.4 Å². The zero-order valence-corrected chi connectivity index (χ0v) is 18.3. The molecule has 5 rings (SSSR count). The fraction of sp³-hybridized carbons (Fsp3) is 0.0909. The maximum atomic E-state index is 12.4. The lowest BCUT2D eigenvalue weighted by atomic mass is 9.99. The first-order chi connectivity index (χ1) is 15.9. The Kier molecular flexibility index (Phi) is 5.11. The number of ether oxygens (including phenoxy) is 1. The van der Waals surface area contributed by atoms with Crippen LogP contribution < -0.4 is 9.88 Å². The van der Waals surface area contributed by atoms with Gasteiger partial charge in [0, 0.05) is 6.20 Å². The van der Waals surface area contributed by atoms with Gasteiger partial charge in [0.15, 0.2) is 0 Å². The summed E-state index contributed by atoms with van der Waals surface area (Å²) in [6, 6.07) is 16.1. The van der Waals surface area contributed by atoms with E-state index in [1.165, 1.54) is 10.9 Å². The number of sulfonamides is 1.